The molecule has 3 rings (SSSR count). The van der Waals surface area contributed by atoms with Crippen LogP contribution < -0.4 is 5.73 Å². The lowest BCUT2D eigenvalue weighted by atomic mass is 10.1. The minimum absolute atomic E-state index is 0.649. The standard InChI is InChI=1S/C18H17N3/c19-16-13-20-18(12-15-9-5-2-6-10-15)21-17(16)11-14-7-3-1-4-8-14/h1-10,13H,11-12,19H2. The van der Waals surface area contributed by atoms with Crippen LogP contribution in [-0.4, -0.2) is 9.97 Å². The maximum Gasteiger partial charge on any atom is 0.133 e. The second-order valence-electron chi connectivity index (χ2n) is 5.01. The molecule has 1 aromatic heterocycles. The number of nitrogen functional groups attached to an aromatic ring is 1. The van der Waals surface area contributed by atoms with Gasteiger partial charge >= 0.3 is 0 Å². The number of rotatable bonds is 4. The van der Waals surface area contributed by atoms with Gasteiger partial charge in [0.1, 0.15) is 5.82 Å². The molecule has 3 aromatic rings. The fraction of sp³-hybridized carbons (Fsp3) is 0.111. The summed E-state index contributed by atoms with van der Waals surface area (Å²) in [4.78, 5) is 8.97. The van der Waals surface area contributed by atoms with Crippen LogP contribution in [0.15, 0.2) is 66.9 Å². The topological polar surface area (TPSA) is 51.8 Å². The van der Waals surface area contributed by atoms with E-state index in [1.807, 2.05) is 36.4 Å². The largest absolute Gasteiger partial charge is 0.396 e. The Hall–Kier alpha value is -2.68. The highest BCUT2D eigenvalue weighted by molar-refractivity contribution is 5.43. The van der Waals surface area contributed by atoms with Crippen LogP contribution >= 0.6 is 0 Å². The average Bonchev–Trinajstić information content (AvgIpc) is 2.53. The first-order valence-electron chi connectivity index (χ1n) is 6.99. The Morgan fingerprint density at radius 3 is 1.95 bits per heavy atom. The van der Waals surface area contributed by atoms with E-state index in [1.54, 1.807) is 6.20 Å². The SMILES string of the molecule is Nc1cnc(Cc2ccccc2)nc1Cc1ccccc1. The molecule has 3 nitrogen and oxygen atoms in total. The third-order valence-corrected chi connectivity index (χ3v) is 3.37. The van der Waals surface area contributed by atoms with Gasteiger partial charge in [-0.3, -0.25) is 0 Å². The van der Waals surface area contributed by atoms with E-state index in [9.17, 15) is 0 Å². The third-order valence-electron chi connectivity index (χ3n) is 3.37. The van der Waals surface area contributed by atoms with Crippen molar-refractivity contribution >= 4 is 5.69 Å². The van der Waals surface area contributed by atoms with Crippen LogP contribution in [-0.2, 0) is 12.8 Å². The molecular formula is C18H17N3. The summed E-state index contributed by atoms with van der Waals surface area (Å²) < 4.78 is 0. The first kappa shape index (κ1) is 13.3. The molecule has 3 heteroatoms. The smallest absolute Gasteiger partial charge is 0.133 e. The molecule has 21 heavy (non-hydrogen) atoms. The summed E-state index contributed by atoms with van der Waals surface area (Å²) in [6, 6.07) is 20.4. The number of anilines is 1. The molecule has 0 aliphatic rings. The van der Waals surface area contributed by atoms with Gasteiger partial charge in [0.15, 0.2) is 0 Å². The van der Waals surface area contributed by atoms with Crippen molar-refractivity contribution < 1.29 is 0 Å². The van der Waals surface area contributed by atoms with Crippen molar-refractivity contribution in [2.24, 2.45) is 0 Å². The van der Waals surface area contributed by atoms with Crippen molar-refractivity contribution in [2.45, 2.75) is 12.8 Å². The molecule has 2 N–H and O–H groups in total. The predicted molar refractivity (Wildman–Crippen MR) is 84.9 cm³/mol. The molecule has 0 aliphatic heterocycles. The molecule has 0 bridgehead atoms. The second kappa shape index (κ2) is 6.18. The summed E-state index contributed by atoms with van der Waals surface area (Å²) in [5, 5.41) is 0. The minimum atomic E-state index is 0.649. The molecule has 1 heterocycles. The molecule has 0 saturated carbocycles. The first-order chi connectivity index (χ1) is 10.3. The van der Waals surface area contributed by atoms with E-state index in [-0.39, 0.29) is 0 Å². The molecule has 0 fully saturated rings. The molecule has 104 valence electrons. The molecule has 2 aromatic carbocycles. The zero-order chi connectivity index (χ0) is 14.5. The maximum atomic E-state index is 6.01. The van der Waals surface area contributed by atoms with Crippen LogP contribution in [0.25, 0.3) is 0 Å². The summed E-state index contributed by atoms with van der Waals surface area (Å²) in [7, 11) is 0. The van der Waals surface area contributed by atoms with Crippen molar-refractivity contribution in [1.82, 2.24) is 9.97 Å². The number of nitrogens with two attached hydrogens (primary N) is 1. The molecule has 0 unspecified atom stereocenters. The normalized spacial score (nSPS) is 10.5. The lowest BCUT2D eigenvalue weighted by Gasteiger charge is -2.07. The molecule has 0 radical (unpaired) electrons. The summed E-state index contributed by atoms with van der Waals surface area (Å²) in [6.07, 6.45) is 3.17. The monoisotopic (exact) mass is 275 g/mol. The summed E-state index contributed by atoms with van der Waals surface area (Å²) in [5.41, 5.74) is 9.95. The van der Waals surface area contributed by atoms with Gasteiger partial charge < -0.3 is 5.73 Å². The van der Waals surface area contributed by atoms with Gasteiger partial charge in [0, 0.05) is 12.8 Å². The fourth-order valence-electron chi connectivity index (χ4n) is 2.26. The second-order valence-corrected chi connectivity index (χ2v) is 5.01. The zero-order valence-corrected chi connectivity index (χ0v) is 11.7. The Labute approximate surface area is 124 Å². The molecule has 0 aliphatic carbocycles. The van der Waals surface area contributed by atoms with Gasteiger partial charge in [-0.15, -0.1) is 0 Å². The van der Waals surface area contributed by atoms with Crippen LogP contribution in [0.2, 0.25) is 0 Å². The van der Waals surface area contributed by atoms with Crippen LogP contribution in [0.5, 0.6) is 0 Å². The van der Waals surface area contributed by atoms with Gasteiger partial charge in [0.2, 0.25) is 0 Å². The lowest BCUT2D eigenvalue weighted by Crippen LogP contribution is -2.05. The fourth-order valence-corrected chi connectivity index (χ4v) is 2.26. The highest BCUT2D eigenvalue weighted by Gasteiger charge is 2.06. The van der Waals surface area contributed by atoms with E-state index < -0.39 is 0 Å². The van der Waals surface area contributed by atoms with Gasteiger partial charge in [-0.05, 0) is 11.1 Å². The van der Waals surface area contributed by atoms with Gasteiger partial charge in [-0.1, -0.05) is 60.7 Å². The van der Waals surface area contributed by atoms with Crippen molar-refractivity contribution in [3.63, 3.8) is 0 Å². The third kappa shape index (κ3) is 3.45. The van der Waals surface area contributed by atoms with Crippen LogP contribution in [0, 0.1) is 0 Å². The van der Waals surface area contributed by atoms with Crippen LogP contribution in [0.3, 0.4) is 0 Å². The van der Waals surface area contributed by atoms with E-state index in [2.05, 4.69) is 34.2 Å². The summed E-state index contributed by atoms with van der Waals surface area (Å²) >= 11 is 0. The van der Waals surface area contributed by atoms with Gasteiger partial charge in [-0.2, -0.15) is 0 Å². The highest BCUT2D eigenvalue weighted by atomic mass is 14.9. The van der Waals surface area contributed by atoms with Crippen molar-refractivity contribution in [3.05, 3.63) is 89.5 Å². The Morgan fingerprint density at radius 1 is 0.762 bits per heavy atom. The predicted octanol–water partition coefficient (Wildman–Crippen LogP) is 3.24. The Kier molecular flexibility index (Phi) is 3.92. The zero-order valence-electron chi connectivity index (χ0n) is 11.7. The molecule has 0 spiro atoms. The number of hydrogen-bond donors (Lipinski definition) is 1. The van der Waals surface area contributed by atoms with Crippen molar-refractivity contribution in [3.8, 4) is 0 Å². The van der Waals surface area contributed by atoms with E-state index in [0.29, 0.717) is 5.69 Å². The average molecular weight is 275 g/mol. The minimum Gasteiger partial charge on any atom is -0.396 e. The number of aromatic nitrogens is 2. The molecule has 0 atom stereocenters. The first-order valence-corrected chi connectivity index (χ1v) is 6.99. The van der Waals surface area contributed by atoms with E-state index in [1.165, 1.54) is 11.1 Å². The quantitative estimate of drug-likeness (QED) is 0.795. The summed E-state index contributed by atoms with van der Waals surface area (Å²) in [5.74, 6) is 0.807. The van der Waals surface area contributed by atoms with E-state index in [4.69, 9.17) is 5.73 Å². The number of benzene rings is 2. The maximum absolute atomic E-state index is 6.01. The van der Waals surface area contributed by atoms with Crippen LogP contribution in [0.4, 0.5) is 5.69 Å². The lowest BCUT2D eigenvalue weighted by molar-refractivity contribution is 0.922. The van der Waals surface area contributed by atoms with Crippen molar-refractivity contribution in [2.75, 3.05) is 5.73 Å². The molecule has 0 saturated heterocycles. The van der Waals surface area contributed by atoms with Crippen molar-refractivity contribution in [1.29, 1.82) is 0 Å². The summed E-state index contributed by atoms with van der Waals surface area (Å²) in [6.45, 7) is 0. The van der Waals surface area contributed by atoms with E-state index >= 15 is 0 Å². The Morgan fingerprint density at radius 2 is 1.33 bits per heavy atom. The van der Waals surface area contributed by atoms with Crippen LogP contribution in [0.1, 0.15) is 22.6 Å². The molecular weight excluding hydrogens is 258 g/mol. The van der Waals surface area contributed by atoms with Gasteiger partial charge in [0.25, 0.3) is 0 Å². The van der Waals surface area contributed by atoms with Gasteiger partial charge in [0.05, 0.1) is 17.6 Å². The molecule has 0 amide bonds. The van der Waals surface area contributed by atoms with E-state index in [0.717, 1.165) is 24.4 Å². The van der Waals surface area contributed by atoms with Gasteiger partial charge in [-0.25, -0.2) is 9.97 Å². The Bertz CT molecular complexity index is 709. The number of hydrogen-bond acceptors (Lipinski definition) is 3. The Balaban J connectivity index is 1.83. The number of nitrogens with zero attached hydrogens (tertiary/aromatic N) is 2. The highest BCUT2D eigenvalue weighted by Crippen LogP contribution is 2.15.